The molecule has 1 amide bonds. The lowest BCUT2D eigenvalue weighted by Crippen LogP contribution is -2.54. The third-order valence-corrected chi connectivity index (χ3v) is 5.85. The number of nitrogens with one attached hydrogen (secondary N) is 1. The van der Waals surface area contributed by atoms with Gasteiger partial charge in [0.25, 0.3) is 0 Å². The van der Waals surface area contributed by atoms with E-state index in [-0.39, 0.29) is 17.9 Å². The maximum Gasteiger partial charge on any atom is 0.227 e. The molecule has 1 N–H and O–H groups in total. The zero-order valence-corrected chi connectivity index (χ0v) is 15.6. The van der Waals surface area contributed by atoms with E-state index in [1.807, 2.05) is 55.5 Å². The Kier molecular flexibility index (Phi) is 4.51. The number of para-hydroxylation sites is 1. The number of rotatable bonds is 5. The molecular weight excluding hydrogens is 346 g/mol. The molecule has 1 aliphatic rings. The Bertz CT molecular complexity index is 919. The molecule has 0 radical (unpaired) electrons. The Hall–Kier alpha value is -2.60. The first-order valence-electron chi connectivity index (χ1n) is 8.69. The number of hydrogen-bond acceptors (Lipinski definition) is 5. The minimum absolute atomic E-state index is 0.00932. The molecule has 0 saturated carbocycles. The molecule has 26 heavy (non-hydrogen) atoms. The van der Waals surface area contributed by atoms with E-state index in [1.165, 1.54) is 0 Å². The smallest absolute Gasteiger partial charge is 0.227 e. The van der Waals surface area contributed by atoms with Crippen LogP contribution in [0.3, 0.4) is 0 Å². The Labute approximate surface area is 156 Å². The molecule has 2 aromatic carbocycles. The van der Waals surface area contributed by atoms with Crippen molar-refractivity contribution in [2.45, 2.75) is 13.0 Å². The zero-order valence-electron chi connectivity index (χ0n) is 14.8. The van der Waals surface area contributed by atoms with Gasteiger partial charge in [-0.2, -0.15) is 0 Å². The number of carbonyl (C=O) groups is 1. The topological polar surface area (TPSA) is 54.5 Å². The maximum absolute atomic E-state index is 12.5. The predicted molar refractivity (Wildman–Crippen MR) is 105 cm³/mol. The van der Waals surface area contributed by atoms with E-state index in [0.29, 0.717) is 13.1 Å². The molecule has 1 saturated heterocycles. The molecule has 3 aromatic rings. The van der Waals surface area contributed by atoms with Crippen molar-refractivity contribution in [1.29, 1.82) is 0 Å². The summed E-state index contributed by atoms with van der Waals surface area (Å²) in [5.41, 5.74) is 2.01. The van der Waals surface area contributed by atoms with Gasteiger partial charge in [0, 0.05) is 13.1 Å². The Morgan fingerprint density at radius 2 is 2.00 bits per heavy atom. The van der Waals surface area contributed by atoms with Crippen molar-refractivity contribution in [3.63, 3.8) is 0 Å². The zero-order chi connectivity index (χ0) is 18.1. The third-order valence-electron chi connectivity index (χ3n) is 4.77. The Morgan fingerprint density at radius 3 is 2.73 bits per heavy atom. The van der Waals surface area contributed by atoms with Gasteiger partial charge in [-0.1, -0.05) is 47.7 Å². The van der Waals surface area contributed by atoms with Gasteiger partial charge in [0.15, 0.2) is 5.13 Å². The maximum atomic E-state index is 12.5. The monoisotopic (exact) mass is 367 g/mol. The highest BCUT2D eigenvalue weighted by Crippen LogP contribution is 2.36. The van der Waals surface area contributed by atoms with Crippen molar-refractivity contribution < 1.29 is 9.53 Å². The van der Waals surface area contributed by atoms with Crippen molar-refractivity contribution >= 4 is 32.6 Å². The molecule has 0 bridgehead atoms. The highest BCUT2D eigenvalue weighted by Gasteiger charge is 2.35. The van der Waals surface area contributed by atoms with Crippen LogP contribution in [-0.2, 0) is 4.79 Å². The van der Waals surface area contributed by atoms with Crippen molar-refractivity contribution in [3.8, 4) is 5.75 Å². The summed E-state index contributed by atoms with van der Waals surface area (Å²) in [6, 6.07) is 16.0. The van der Waals surface area contributed by atoms with Crippen LogP contribution in [0.25, 0.3) is 10.2 Å². The van der Waals surface area contributed by atoms with E-state index < -0.39 is 0 Å². The number of hydrogen-bond donors (Lipinski definition) is 1. The molecule has 1 aromatic heterocycles. The minimum atomic E-state index is 0.00932. The van der Waals surface area contributed by atoms with E-state index in [2.05, 4.69) is 10.2 Å². The third kappa shape index (κ3) is 3.12. The fraction of sp³-hybridized carbons (Fsp3) is 0.300. The Morgan fingerprint density at radius 1 is 1.23 bits per heavy atom. The van der Waals surface area contributed by atoms with Gasteiger partial charge >= 0.3 is 0 Å². The second-order valence-corrected chi connectivity index (χ2v) is 7.56. The number of amides is 1. The quantitative estimate of drug-likeness (QED) is 0.748. The van der Waals surface area contributed by atoms with Crippen LogP contribution >= 0.6 is 11.3 Å². The van der Waals surface area contributed by atoms with E-state index in [0.717, 1.165) is 26.7 Å². The van der Waals surface area contributed by atoms with Crippen molar-refractivity contribution in [1.82, 2.24) is 10.3 Å². The molecule has 0 spiro atoms. The standard InChI is InChI=1S/C20H21N3O2S/c1-13(14-7-4-3-5-8-14)21-19(24)15-11-23(12-15)20-22-18-16(25-2)9-6-10-17(18)26-20/h3-10,13,15H,11-12H2,1-2H3,(H,21,24). The van der Waals surface area contributed by atoms with Gasteiger partial charge in [0.05, 0.1) is 23.8 Å². The predicted octanol–water partition coefficient (Wildman–Crippen LogP) is 3.62. The van der Waals surface area contributed by atoms with Gasteiger partial charge in [-0.25, -0.2) is 4.98 Å². The van der Waals surface area contributed by atoms with Crippen molar-refractivity contribution in [2.75, 3.05) is 25.1 Å². The van der Waals surface area contributed by atoms with Crippen LogP contribution in [0.4, 0.5) is 5.13 Å². The van der Waals surface area contributed by atoms with Gasteiger partial charge in [-0.15, -0.1) is 0 Å². The van der Waals surface area contributed by atoms with Crippen molar-refractivity contribution in [3.05, 3.63) is 54.1 Å². The highest BCUT2D eigenvalue weighted by atomic mass is 32.1. The van der Waals surface area contributed by atoms with Crippen LogP contribution in [0, 0.1) is 5.92 Å². The SMILES string of the molecule is COc1cccc2sc(N3CC(C(=O)NC(C)c4ccccc4)C3)nc12. The molecule has 1 atom stereocenters. The average molecular weight is 367 g/mol. The number of benzene rings is 2. The average Bonchev–Trinajstić information content (AvgIpc) is 3.04. The largest absolute Gasteiger partial charge is 0.494 e. The summed E-state index contributed by atoms with van der Waals surface area (Å²) in [4.78, 5) is 19.3. The number of fused-ring (bicyclic) bond motifs is 1. The first kappa shape index (κ1) is 16.8. The number of nitrogens with zero attached hydrogens (tertiary/aromatic N) is 2. The molecule has 2 heterocycles. The first-order valence-corrected chi connectivity index (χ1v) is 9.51. The Balaban J connectivity index is 1.38. The summed E-state index contributed by atoms with van der Waals surface area (Å²) in [6.45, 7) is 3.43. The van der Waals surface area contributed by atoms with Crippen LogP contribution in [0.5, 0.6) is 5.75 Å². The van der Waals surface area contributed by atoms with E-state index >= 15 is 0 Å². The van der Waals surface area contributed by atoms with Crippen LogP contribution in [0.2, 0.25) is 0 Å². The summed E-state index contributed by atoms with van der Waals surface area (Å²) in [6.07, 6.45) is 0. The summed E-state index contributed by atoms with van der Waals surface area (Å²) >= 11 is 1.64. The molecule has 5 nitrogen and oxygen atoms in total. The lowest BCUT2D eigenvalue weighted by atomic mass is 9.99. The fourth-order valence-electron chi connectivity index (χ4n) is 3.17. The van der Waals surface area contributed by atoms with Crippen LogP contribution in [0.1, 0.15) is 18.5 Å². The number of thiazole rings is 1. The molecule has 4 rings (SSSR count). The highest BCUT2D eigenvalue weighted by molar-refractivity contribution is 7.22. The summed E-state index contributed by atoms with van der Waals surface area (Å²) in [7, 11) is 1.66. The van der Waals surface area contributed by atoms with Gasteiger partial charge in [-0.05, 0) is 24.6 Å². The molecular formula is C20H21N3O2S. The van der Waals surface area contributed by atoms with Gasteiger partial charge in [0.1, 0.15) is 11.3 Å². The van der Waals surface area contributed by atoms with Crippen LogP contribution < -0.4 is 15.0 Å². The van der Waals surface area contributed by atoms with E-state index in [1.54, 1.807) is 18.4 Å². The molecule has 1 unspecified atom stereocenters. The molecule has 134 valence electrons. The molecule has 6 heteroatoms. The molecule has 1 aliphatic heterocycles. The fourth-order valence-corrected chi connectivity index (χ4v) is 4.17. The molecule has 1 fully saturated rings. The minimum Gasteiger partial charge on any atom is -0.494 e. The van der Waals surface area contributed by atoms with Gasteiger partial charge < -0.3 is 15.0 Å². The normalized spacial score (nSPS) is 15.5. The second kappa shape index (κ2) is 6.96. The van der Waals surface area contributed by atoms with Crippen LogP contribution in [0.15, 0.2) is 48.5 Å². The summed E-state index contributed by atoms with van der Waals surface area (Å²) in [5, 5.41) is 4.06. The lowest BCUT2D eigenvalue weighted by molar-refractivity contribution is -0.126. The number of carbonyl (C=O) groups excluding carboxylic acids is 1. The first-order chi connectivity index (χ1) is 12.7. The summed E-state index contributed by atoms with van der Waals surface area (Å²) in [5.74, 6) is 0.905. The van der Waals surface area contributed by atoms with Gasteiger partial charge in [0.2, 0.25) is 5.91 Å². The summed E-state index contributed by atoms with van der Waals surface area (Å²) < 4.78 is 6.48. The number of methoxy groups -OCH3 is 1. The molecule has 0 aliphatic carbocycles. The van der Waals surface area contributed by atoms with Crippen LogP contribution in [-0.4, -0.2) is 31.1 Å². The number of aromatic nitrogens is 1. The second-order valence-electron chi connectivity index (χ2n) is 6.55. The van der Waals surface area contributed by atoms with Crippen molar-refractivity contribution in [2.24, 2.45) is 5.92 Å². The van der Waals surface area contributed by atoms with E-state index in [4.69, 9.17) is 9.72 Å². The van der Waals surface area contributed by atoms with Gasteiger partial charge in [-0.3, -0.25) is 4.79 Å². The lowest BCUT2D eigenvalue weighted by Gasteiger charge is -2.38. The number of anilines is 1. The van der Waals surface area contributed by atoms with E-state index in [9.17, 15) is 4.79 Å². The number of ether oxygens (including phenoxy) is 1.